The van der Waals surface area contributed by atoms with Crippen LogP contribution >= 0.6 is 0 Å². The van der Waals surface area contributed by atoms with Crippen LogP contribution in [0.15, 0.2) is 54.6 Å². The minimum atomic E-state index is -0.146. The predicted molar refractivity (Wildman–Crippen MR) is 113 cm³/mol. The monoisotopic (exact) mass is 404 g/mol. The van der Waals surface area contributed by atoms with Gasteiger partial charge in [-0.3, -0.25) is 14.5 Å². The summed E-state index contributed by atoms with van der Waals surface area (Å²) in [5, 5.41) is 7.35. The van der Waals surface area contributed by atoms with Crippen molar-refractivity contribution in [1.29, 1.82) is 0 Å². The summed E-state index contributed by atoms with van der Waals surface area (Å²) in [6.07, 6.45) is 0.443. The highest BCUT2D eigenvalue weighted by molar-refractivity contribution is 5.95. The maximum atomic E-state index is 12.5. The van der Waals surface area contributed by atoms with Crippen molar-refractivity contribution in [2.45, 2.75) is 33.0 Å². The number of amides is 2. The molecule has 1 N–H and O–H groups in total. The fourth-order valence-corrected chi connectivity index (χ4v) is 3.56. The number of methoxy groups -OCH3 is 1. The summed E-state index contributed by atoms with van der Waals surface area (Å²) in [6, 6.07) is 16.9. The summed E-state index contributed by atoms with van der Waals surface area (Å²) in [6.45, 7) is 3.41. The van der Waals surface area contributed by atoms with Crippen molar-refractivity contribution in [3.8, 4) is 5.75 Å². The lowest BCUT2D eigenvalue weighted by molar-refractivity contribution is -0.119. The Hall–Kier alpha value is -3.61. The second-order valence-corrected chi connectivity index (χ2v) is 7.33. The molecule has 0 saturated carbocycles. The molecule has 1 aliphatic rings. The molecular formula is C23H24N4O3. The Morgan fingerprint density at radius 3 is 2.70 bits per heavy atom. The van der Waals surface area contributed by atoms with E-state index in [0.717, 1.165) is 28.4 Å². The number of hydrogen-bond acceptors (Lipinski definition) is 4. The first kappa shape index (κ1) is 19.7. The number of nitrogens with zero attached hydrogens (tertiary/aromatic N) is 3. The maximum Gasteiger partial charge on any atom is 0.251 e. The van der Waals surface area contributed by atoms with Gasteiger partial charge in [0.05, 0.1) is 25.9 Å². The molecule has 30 heavy (non-hydrogen) atoms. The van der Waals surface area contributed by atoms with Crippen molar-refractivity contribution >= 4 is 17.6 Å². The standard InChI is InChI=1S/C23H24N4O3/c1-16-12-21-26(22(28)10-11-27(21)25-16)15-17-6-8-19(9-7-17)23(29)24-14-18-4-3-5-20(13-18)30-2/h3-9,12-13H,10-11,14-15H2,1-2H3,(H,24,29). The minimum absolute atomic E-state index is 0.0857. The molecule has 7 heteroatoms. The Balaban J connectivity index is 1.40. The van der Waals surface area contributed by atoms with Gasteiger partial charge in [0, 0.05) is 24.6 Å². The molecule has 154 valence electrons. The zero-order valence-electron chi connectivity index (χ0n) is 17.1. The number of ether oxygens (including phenoxy) is 1. The van der Waals surface area contributed by atoms with Crippen molar-refractivity contribution < 1.29 is 14.3 Å². The fraction of sp³-hybridized carbons (Fsp3) is 0.261. The molecule has 7 nitrogen and oxygen atoms in total. The summed E-state index contributed by atoms with van der Waals surface area (Å²) in [7, 11) is 1.62. The largest absolute Gasteiger partial charge is 0.497 e. The van der Waals surface area contributed by atoms with Gasteiger partial charge in [0.1, 0.15) is 11.6 Å². The summed E-state index contributed by atoms with van der Waals surface area (Å²) in [4.78, 5) is 26.6. The van der Waals surface area contributed by atoms with Gasteiger partial charge in [0.25, 0.3) is 5.91 Å². The van der Waals surface area contributed by atoms with Crippen molar-refractivity contribution in [2.75, 3.05) is 12.0 Å². The molecule has 0 atom stereocenters. The van der Waals surface area contributed by atoms with Crippen LogP contribution in [-0.4, -0.2) is 28.7 Å². The Morgan fingerprint density at radius 1 is 1.13 bits per heavy atom. The molecule has 4 rings (SSSR count). The van der Waals surface area contributed by atoms with Gasteiger partial charge >= 0.3 is 0 Å². The number of carbonyl (C=O) groups is 2. The lowest BCUT2D eigenvalue weighted by Crippen LogP contribution is -2.36. The smallest absolute Gasteiger partial charge is 0.251 e. The third kappa shape index (κ3) is 4.20. The van der Waals surface area contributed by atoms with Gasteiger partial charge in [-0.15, -0.1) is 0 Å². The molecule has 2 aromatic carbocycles. The van der Waals surface area contributed by atoms with Gasteiger partial charge in [-0.25, -0.2) is 4.68 Å². The Morgan fingerprint density at radius 2 is 1.93 bits per heavy atom. The number of anilines is 1. The van der Waals surface area contributed by atoms with Crippen LogP contribution < -0.4 is 15.0 Å². The molecule has 2 amide bonds. The van der Waals surface area contributed by atoms with Gasteiger partial charge in [0.15, 0.2) is 0 Å². The van der Waals surface area contributed by atoms with E-state index < -0.39 is 0 Å². The molecule has 0 unspecified atom stereocenters. The van der Waals surface area contributed by atoms with E-state index in [4.69, 9.17) is 4.74 Å². The molecule has 0 saturated heterocycles. The maximum absolute atomic E-state index is 12.5. The zero-order chi connectivity index (χ0) is 21.1. The lowest BCUT2D eigenvalue weighted by Gasteiger charge is -2.27. The van der Waals surface area contributed by atoms with Crippen molar-refractivity contribution in [1.82, 2.24) is 15.1 Å². The van der Waals surface area contributed by atoms with Gasteiger partial charge in [0.2, 0.25) is 5.91 Å². The molecule has 0 spiro atoms. The van der Waals surface area contributed by atoms with E-state index in [1.165, 1.54) is 0 Å². The third-order valence-corrected chi connectivity index (χ3v) is 5.14. The highest BCUT2D eigenvalue weighted by atomic mass is 16.5. The van der Waals surface area contributed by atoms with Crippen LogP contribution in [0.25, 0.3) is 0 Å². The van der Waals surface area contributed by atoms with Gasteiger partial charge in [-0.1, -0.05) is 24.3 Å². The number of benzene rings is 2. The number of hydrogen-bond donors (Lipinski definition) is 1. The molecule has 0 aliphatic carbocycles. The number of carbonyl (C=O) groups excluding carboxylic acids is 2. The first-order valence-electron chi connectivity index (χ1n) is 9.88. The van der Waals surface area contributed by atoms with Gasteiger partial charge in [-0.05, 0) is 42.3 Å². The quantitative estimate of drug-likeness (QED) is 0.685. The van der Waals surface area contributed by atoms with Gasteiger partial charge < -0.3 is 10.1 Å². The highest BCUT2D eigenvalue weighted by Gasteiger charge is 2.25. The Labute approximate surface area is 175 Å². The van der Waals surface area contributed by atoms with Crippen molar-refractivity contribution in [3.05, 3.63) is 77.0 Å². The normalized spacial score (nSPS) is 13.1. The van der Waals surface area contributed by atoms with E-state index >= 15 is 0 Å². The molecule has 0 fully saturated rings. The number of rotatable bonds is 6. The molecule has 1 aromatic heterocycles. The topological polar surface area (TPSA) is 76.5 Å². The van der Waals surface area contributed by atoms with E-state index in [1.807, 2.05) is 54.1 Å². The van der Waals surface area contributed by atoms with Crippen molar-refractivity contribution in [3.63, 3.8) is 0 Å². The summed E-state index contributed by atoms with van der Waals surface area (Å²) in [5.74, 6) is 1.52. The number of aromatic nitrogens is 2. The molecule has 0 bridgehead atoms. The van der Waals surface area contributed by atoms with Crippen LogP contribution in [0, 0.1) is 6.92 Å². The minimum Gasteiger partial charge on any atom is -0.497 e. The van der Waals surface area contributed by atoms with E-state index in [1.54, 1.807) is 24.1 Å². The van der Waals surface area contributed by atoms with E-state index in [2.05, 4.69) is 10.4 Å². The first-order valence-corrected chi connectivity index (χ1v) is 9.88. The van der Waals surface area contributed by atoms with Crippen LogP contribution in [0.4, 0.5) is 5.82 Å². The molecule has 1 aliphatic heterocycles. The molecular weight excluding hydrogens is 380 g/mol. The van der Waals surface area contributed by atoms with Crippen LogP contribution in [0.5, 0.6) is 5.75 Å². The average molecular weight is 404 g/mol. The van der Waals surface area contributed by atoms with E-state index in [0.29, 0.717) is 31.6 Å². The lowest BCUT2D eigenvalue weighted by atomic mass is 10.1. The predicted octanol–water partition coefficient (Wildman–Crippen LogP) is 3.07. The van der Waals surface area contributed by atoms with E-state index in [-0.39, 0.29) is 11.8 Å². The number of aryl methyl sites for hydroxylation is 2. The third-order valence-electron chi connectivity index (χ3n) is 5.14. The fourth-order valence-electron chi connectivity index (χ4n) is 3.56. The Kier molecular flexibility index (Phi) is 5.52. The SMILES string of the molecule is COc1cccc(CNC(=O)c2ccc(CN3C(=O)CCn4nc(C)cc43)cc2)c1. The van der Waals surface area contributed by atoms with E-state index in [9.17, 15) is 9.59 Å². The van der Waals surface area contributed by atoms with Crippen LogP contribution in [0.1, 0.15) is 33.6 Å². The number of fused-ring (bicyclic) bond motifs is 1. The second kappa shape index (κ2) is 8.41. The molecule has 2 heterocycles. The summed E-state index contributed by atoms with van der Waals surface area (Å²) < 4.78 is 7.08. The first-order chi connectivity index (χ1) is 14.5. The summed E-state index contributed by atoms with van der Waals surface area (Å²) in [5.41, 5.74) is 3.40. The van der Waals surface area contributed by atoms with Gasteiger partial charge in [-0.2, -0.15) is 5.10 Å². The Bertz CT molecular complexity index is 1070. The summed E-state index contributed by atoms with van der Waals surface area (Å²) >= 11 is 0. The zero-order valence-corrected chi connectivity index (χ0v) is 17.1. The van der Waals surface area contributed by atoms with Crippen LogP contribution in [-0.2, 0) is 24.4 Å². The molecule has 3 aromatic rings. The number of nitrogens with one attached hydrogen (secondary N) is 1. The second-order valence-electron chi connectivity index (χ2n) is 7.33. The average Bonchev–Trinajstić information content (AvgIpc) is 3.15. The highest BCUT2D eigenvalue weighted by Crippen LogP contribution is 2.24. The van der Waals surface area contributed by atoms with Crippen LogP contribution in [0.3, 0.4) is 0 Å². The van der Waals surface area contributed by atoms with Crippen LogP contribution in [0.2, 0.25) is 0 Å². The van der Waals surface area contributed by atoms with Crippen molar-refractivity contribution in [2.24, 2.45) is 0 Å². The molecule has 0 radical (unpaired) electrons.